The van der Waals surface area contributed by atoms with E-state index in [0.717, 1.165) is 16.5 Å². The van der Waals surface area contributed by atoms with Crippen LogP contribution in [0.4, 0.5) is 0 Å². The maximum absolute atomic E-state index is 12.4. The van der Waals surface area contributed by atoms with Crippen molar-refractivity contribution in [1.82, 2.24) is 25.8 Å². The highest BCUT2D eigenvalue weighted by Crippen LogP contribution is 2.24. The lowest BCUT2D eigenvalue weighted by atomic mass is 10.1. The molecule has 2 heterocycles. The van der Waals surface area contributed by atoms with E-state index in [0.29, 0.717) is 23.2 Å². The summed E-state index contributed by atoms with van der Waals surface area (Å²) in [5.41, 5.74) is 7.96. The van der Waals surface area contributed by atoms with Gasteiger partial charge >= 0.3 is 5.91 Å². The van der Waals surface area contributed by atoms with E-state index in [9.17, 15) is 9.59 Å². The van der Waals surface area contributed by atoms with Gasteiger partial charge in [0, 0.05) is 23.1 Å². The third-order valence-corrected chi connectivity index (χ3v) is 4.42. The van der Waals surface area contributed by atoms with Crippen LogP contribution in [-0.4, -0.2) is 26.8 Å². The van der Waals surface area contributed by atoms with E-state index in [1.165, 1.54) is 0 Å². The Morgan fingerprint density at radius 2 is 1.89 bits per heavy atom. The Hall–Kier alpha value is -3.68. The second-order valence-corrected chi connectivity index (χ2v) is 6.07. The summed E-state index contributed by atoms with van der Waals surface area (Å²) in [6.07, 6.45) is 0. The number of rotatable bonds is 3. The van der Waals surface area contributed by atoms with Crippen LogP contribution in [0.5, 0.6) is 0 Å². The van der Waals surface area contributed by atoms with Gasteiger partial charge in [-0.3, -0.25) is 20.4 Å². The fourth-order valence-corrected chi connectivity index (χ4v) is 2.98. The Bertz CT molecular complexity index is 1170. The van der Waals surface area contributed by atoms with Crippen molar-refractivity contribution in [2.24, 2.45) is 0 Å². The van der Waals surface area contributed by atoms with E-state index >= 15 is 0 Å². The van der Waals surface area contributed by atoms with E-state index in [4.69, 9.17) is 4.42 Å². The zero-order chi connectivity index (χ0) is 19.0. The van der Waals surface area contributed by atoms with Crippen LogP contribution in [-0.2, 0) is 6.54 Å². The summed E-state index contributed by atoms with van der Waals surface area (Å²) in [7, 11) is 0. The molecule has 27 heavy (non-hydrogen) atoms. The van der Waals surface area contributed by atoms with Crippen molar-refractivity contribution in [3.8, 4) is 0 Å². The third-order valence-electron chi connectivity index (χ3n) is 4.42. The van der Waals surface area contributed by atoms with Gasteiger partial charge in [0.2, 0.25) is 0 Å². The van der Waals surface area contributed by atoms with Crippen LogP contribution in [0.15, 0.2) is 46.9 Å². The van der Waals surface area contributed by atoms with E-state index in [2.05, 4.69) is 21.2 Å². The molecule has 0 aliphatic rings. The number of nitrogens with one attached hydrogen (secondary N) is 2. The summed E-state index contributed by atoms with van der Waals surface area (Å²) in [5.74, 6) is -0.807. The lowest BCUT2D eigenvalue weighted by Crippen LogP contribution is -2.41. The van der Waals surface area contributed by atoms with Gasteiger partial charge in [-0.2, -0.15) is 0 Å². The second-order valence-electron chi connectivity index (χ2n) is 6.07. The summed E-state index contributed by atoms with van der Waals surface area (Å²) in [5, 5.41) is 8.91. The van der Waals surface area contributed by atoms with Crippen molar-refractivity contribution in [3.63, 3.8) is 0 Å². The minimum atomic E-state index is -0.518. The van der Waals surface area contributed by atoms with Gasteiger partial charge in [-0.15, -0.1) is 5.10 Å². The Labute approximate surface area is 154 Å². The van der Waals surface area contributed by atoms with Crippen LogP contribution in [0.3, 0.4) is 0 Å². The molecule has 0 fully saturated rings. The molecule has 0 aliphatic carbocycles. The van der Waals surface area contributed by atoms with E-state index in [1.807, 2.05) is 25.1 Å². The molecule has 2 N–H and O–H groups in total. The molecule has 0 unspecified atom stereocenters. The number of carbonyl (C=O) groups excluding carboxylic acids is 2. The van der Waals surface area contributed by atoms with E-state index in [-0.39, 0.29) is 5.76 Å². The Kier molecular flexibility index (Phi) is 4.08. The Morgan fingerprint density at radius 3 is 2.67 bits per heavy atom. The number of aryl methyl sites for hydroxylation is 2. The molecule has 8 heteroatoms. The monoisotopic (exact) mass is 363 g/mol. The molecule has 0 saturated carbocycles. The van der Waals surface area contributed by atoms with Crippen LogP contribution in [0.2, 0.25) is 0 Å². The summed E-state index contributed by atoms with van der Waals surface area (Å²) in [6, 6.07) is 12.4. The molecule has 0 spiro atoms. The zero-order valence-corrected chi connectivity index (χ0v) is 14.8. The number of fused-ring (bicyclic) bond motifs is 2. The number of para-hydroxylation sites is 1. The molecule has 0 bridgehead atoms. The van der Waals surface area contributed by atoms with Crippen LogP contribution < -0.4 is 10.9 Å². The fraction of sp³-hybridized carbons (Fsp3) is 0.158. The van der Waals surface area contributed by atoms with E-state index in [1.54, 1.807) is 35.9 Å². The summed E-state index contributed by atoms with van der Waals surface area (Å²) in [6.45, 7) is 4.45. The van der Waals surface area contributed by atoms with Gasteiger partial charge in [-0.1, -0.05) is 23.4 Å². The standard InChI is InChI=1S/C19H17N5O3/c1-3-24-15-9-8-12(10-14(15)20-23-24)18(25)21-22-19(26)17-11(2)13-6-4-5-7-16(13)27-17/h4-10H,3H2,1-2H3,(H,21,25)(H,22,26). The highest BCUT2D eigenvalue weighted by molar-refractivity contribution is 6.02. The first-order valence-corrected chi connectivity index (χ1v) is 8.50. The molecule has 136 valence electrons. The molecule has 8 nitrogen and oxygen atoms in total. The van der Waals surface area contributed by atoms with Crippen LogP contribution in [0, 0.1) is 6.92 Å². The molecule has 0 aliphatic heterocycles. The largest absolute Gasteiger partial charge is 0.451 e. The third kappa shape index (κ3) is 2.91. The van der Waals surface area contributed by atoms with Crippen molar-refractivity contribution in [3.05, 3.63) is 59.4 Å². The quantitative estimate of drug-likeness (QED) is 0.545. The van der Waals surface area contributed by atoms with Gasteiger partial charge in [0.05, 0.1) is 5.52 Å². The minimum absolute atomic E-state index is 0.165. The summed E-state index contributed by atoms with van der Waals surface area (Å²) in [4.78, 5) is 24.7. The first kappa shape index (κ1) is 16.8. The van der Waals surface area contributed by atoms with Gasteiger partial charge in [0.15, 0.2) is 5.76 Å². The van der Waals surface area contributed by atoms with Crippen molar-refractivity contribution in [2.45, 2.75) is 20.4 Å². The van der Waals surface area contributed by atoms with Gasteiger partial charge < -0.3 is 4.42 Å². The number of hydrogen-bond acceptors (Lipinski definition) is 5. The Balaban J connectivity index is 1.49. The van der Waals surface area contributed by atoms with Gasteiger partial charge in [0.1, 0.15) is 11.1 Å². The maximum atomic E-state index is 12.4. The molecule has 4 aromatic rings. The molecule has 2 amide bonds. The summed E-state index contributed by atoms with van der Waals surface area (Å²) < 4.78 is 7.33. The number of amides is 2. The maximum Gasteiger partial charge on any atom is 0.305 e. The van der Waals surface area contributed by atoms with Crippen molar-refractivity contribution >= 4 is 33.8 Å². The van der Waals surface area contributed by atoms with Gasteiger partial charge in [0.25, 0.3) is 5.91 Å². The normalized spacial score (nSPS) is 11.0. The van der Waals surface area contributed by atoms with Crippen LogP contribution in [0.25, 0.3) is 22.0 Å². The highest BCUT2D eigenvalue weighted by Gasteiger charge is 2.18. The fourth-order valence-electron chi connectivity index (χ4n) is 2.98. The highest BCUT2D eigenvalue weighted by atomic mass is 16.3. The SMILES string of the molecule is CCn1nnc2cc(C(=O)NNC(=O)c3oc4ccccc4c3C)ccc21. The average Bonchev–Trinajstić information content (AvgIpc) is 3.26. The first-order chi connectivity index (χ1) is 13.1. The number of nitrogens with zero attached hydrogens (tertiary/aromatic N) is 3. The molecular weight excluding hydrogens is 346 g/mol. The number of aromatic nitrogens is 3. The minimum Gasteiger partial charge on any atom is -0.451 e. The number of hydrogen-bond donors (Lipinski definition) is 2. The lowest BCUT2D eigenvalue weighted by molar-refractivity contribution is 0.0831. The predicted molar refractivity (Wildman–Crippen MR) is 99.1 cm³/mol. The molecule has 0 atom stereocenters. The number of furan rings is 1. The van der Waals surface area contributed by atoms with E-state index < -0.39 is 11.8 Å². The van der Waals surface area contributed by atoms with Gasteiger partial charge in [-0.05, 0) is 38.1 Å². The molecule has 4 rings (SSSR count). The topological polar surface area (TPSA) is 102 Å². The predicted octanol–water partition coefficient (Wildman–Crippen LogP) is 2.58. The van der Waals surface area contributed by atoms with Crippen molar-refractivity contribution < 1.29 is 14.0 Å². The van der Waals surface area contributed by atoms with Crippen molar-refractivity contribution in [2.75, 3.05) is 0 Å². The number of benzene rings is 2. The second kappa shape index (κ2) is 6.56. The van der Waals surface area contributed by atoms with Gasteiger partial charge in [-0.25, -0.2) is 4.68 Å². The molecule has 0 radical (unpaired) electrons. The number of hydrazine groups is 1. The van der Waals surface area contributed by atoms with Crippen LogP contribution >= 0.6 is 0 Å². The molecule has 2 aromatic heterocycles. The smallest absolute Gasteiger partial charge is 0.305 e. The molecule has 0 saturated heterocycles. The van der Waals surface area contributed by atoms with Crippen LogP contribution in [0.1, 0.15) is 33.4 Å². The zero-order valence-electron chi connectivity index (χ0n) is 14.8. The lowest BCUT2D eigenvalue weighted by Gasteiger charge is -2.06. The number of carbonyl (C=O) groups is 2. The Morgan fingerprint density at radius 1 is 1.11 bits per heavy atom. The summed E-state index contributed by atoms with van der Waals surface area (Å²) >= 11 is 0. The van der Waals surface area contributed by atoms with Crippen molar-refractivity contribution in [1.29, 1.82) is 0 Å². The molecular formula is C19H17N5O3. The first-order valence-electron chi connectivity index (χ1n) is 8.50. The average molecular weight is 363 g/mol. The molecule has 2 aromatic carbocycles.